The normalized spacial score (nSPS) is 12.0. The molecular weight excluding hydrogens is 344 g/mol. The molecule has 0 saturated carbocycles. The van der Waals surface area contributed by atoms with Crippen LogP contribution in [0.2, 0.25) is 0 Å². The van der Waals surface area contributed by atoms with Crippen LogP contribution in [0.25, 0.3) is 0 Å². The van der Waals surface area contributed by atoms with Crippen molar-refractivity contribution in [2.24, 2.45) is 0 Å². The van der Waals surface area contributed by atoms with E-state index >= 15 is 0 Å². The first-order chi connectivity index (χ1) is 13.8. The van der Waals surface area contributed by atoms with E-state index in [2.05, 4.69) is 43.4 Å². The van der Waals surface area contributed by atoms with Crippen LogP contribution in [0.5, 0.6) is 0 Å². The number of hydrogen-bond donors (Lipinski definition) is 1. The molecule has 0 fully saturated rings. The first-order valence-corrected chi connectivity index (χ1v) is 11.9. The molecule has 0 aromatic rings. The highest BCUT2D eigenvalue weighted by atomic mass is 16.4. The van der Waals surface area contributed by atoms with Crippen LogP contribution in [0.3, 0.4) is 0 Å². The van der Waals surface area contributed by atoms with Crippen molar-refractivity contribution in [1.82, 2.24) is 0 Å². The van der Waals surface area contributed by atoms with Crippen LogP contribution in [0.1, 0.15) is 122 Å². The average molecular weight is 391 g/mol. The zero-order chi connectivity index (χ0) is 20.5. The van der Waals surface area contributed by atoms with Gasteiger partial charge in [0.2, 0.25) is 0 Å². The smallest absolute Gasteiger partial charge is 0.303 e. The van der Waals surface area contributed by atoms with Crippen LogP contribution in [-0.4, -0.2) is 11.1 Å². The zero-order valence-corrected chi connectivity index (χ0v) is 18.5. The summed E-state index contributed by atoms with van der Waals surface area (Å²) in [7, 11) is 0. The summed E-state index contributed by atoms with van der Waals surface area (Å²) in [4.78, 5) is 10.4. The third kappa shape index (κ3) is 24.7. The lowest BCUT2D eigenvalue weighted by atomic mass is 10.0. The van der Waals surface area contributed by atoms with Crippen molar-refractivity contribution < 1.29 is 9.90 Å². The lowest BCUT2D eigenvalue weighted by molar-refractivity contribution is -0.137. The summed E-state index contributed by atoms with van der Waals surface area (Å²) >= 11 is 0. The first kappa shape index (κ1) is 26.7. The van der Waals surface area contributed by atoms with Crippen molar-refractivity contribution in [3.05, 3.63) is 36.5 Å². The second-order valence-corrected chi connectivity index (χ2v) is 7.85. The standard InChI is InChI=1S/C26H46O2/c1-2-3-4-5-6-7-8-9-10-11-12-13-14-15-16-17-18-19-20-21-22-23-24-25-26(27)28/h5-6,8-9,11-12H,2-4,7,10,13-25H2,1H3,(H,27,28). The summed E-state index contributed by atoms with van der Waals surface area (Å²) in [5.74, 6) is -0.659. The molecule has 0 aliphatic heterocycles. The number of unbranched alkanes of at least 4 members (excludes halogenated alkanes) is 13. The molecule has 0 aromatic heterocycles. The maximum Gasteiger partial charge on any atom is 0.303 e. The molecule has 0 radical (unpaired) electrons. The van der Waals surface area contributed by atoms with E-state index in [0.29, 0.717) is 6.42 Å². The summed E-state index contributed by atoms with van der Waals surface area (Å²) < 4.78 is 0. The Balaban J connectivity index is 3.19. The van der Waals surface area contributed by atoms with Gasteiger partial charge in [-0.15, -0.1) is 0 Å². The minimum atomic E-state index is -0.659. The van der Waals surface area contributed by atoms with E-state index in [1.807, 2.05) is 0 Å². The Hall–Kier alpha value is -1.31. The van der Waals surface area contributed by atoms with Crippen molar-refractivity contribution in [1.29, 1.82) is 0 Å². The van der Waals surface area contributed by atoms with E-state index in [1.165, 1.54) is 83.5 Å². The number of carbonyl (C=O) groups is 1. The highest BCUT2D eigenvalue weighted by Crippen LogP contribution is 2.12. The first-order valence-electron chi connectivity index (χ1n) is 11.9. The number of aliphatic carboxylic acids is 1. The van der Waals surface area contributed by atoms with E-state index in [4.69, 9.17) is 5.11 Å². The van der Waals surface area contributed by atoms with Gasteiger partial charge in [0, 0.05) is 6.42 Å². The fraction of sp³-hybridized carbons (Fsp3) is 0.731. The fourth-order valence-electron chi connectivity index (χ4n) is 3.23. The number of allylic oxidation sites excluding steroid dienone is 6. The van der Waals surface area contributed by atoms with E-state index in [0.717, 1.165) is 25.7 Å². The fourth-order valence-corrected chi connectivity index (χ4v) is 3.23. The number of carboxylic acids is 1. The van der Waals surface area contributed by atoms with Crippen LogP contribution >= 0.6 is 0 Å². The quantitative estimate of drug-likeness (QED) is 0.157. The molecule has 0 spiro atoms. The molecule has 28 heavy (non-hydrogen) atoms. The summed E-state index contributed by atoms with van der Waals surface area (Å²) in [6.07, 6.45) is 35.1. The minimum Gasteiger partial charge on any atom is -0.481 e. The number of carboxylic acid groups (broad SMARTS) is 1. The predicted octanol–water partition coefficient (Wildman–Crippen LogP) is 8.78. The third-order valence-electron chi connectivity index (χ3n) is 5.03. The van der Waals surface area contributed by atoms with Gasteiger partial charge in [0.05, 0.1) is 0 Å². The lowest BCUT2D eigenvalue weighted by Crippen LogP contribution is -1.93. The molecule has 0 aliphatic rings. The van der Waals surface area contributed by atoms with Gasteiger partial charge in [0.25, 0.3) is 0 Å². The Morgan fingerprint density at radius 2 is 0.964 bits per heavy atom. The molecule has 162 valence electrons. The zero-order valence-electron chi connectivity index (χ0n) is 18.5. The largest absolute Gasteiger partial charge is 0.481 e. The average Bonchev–Trinajstić information content (AvgIpc) is 2.68. The Labute approximate surface area is 175 Å². The Kier molecular flexibility index (Phi) is 22.6. The highest BCUT2D eigenvalue weighted by Gasteiger charge is 1.96. The molecule has 0 saturated heterocycles. The van der Waals surface area contributed by atoms with Gasteiger partial charge in [-0.2, -0.15) is 0 Å². The molecule has 0 aromatic carbocycles. The molecule has 0 atom stereocenters. The Morgan fingerprint density at radius 1 is 0.571 bits per heavy atom. The third-order valence-corrected chi connectivity index (χ3v) is 5.03. The summed E-state index contributed by atoms with van der Waals surface area (Å²) in [5.41, 5.74) is 0. The topological polar surface area (TPSA) is 37.3 Å². The van der Waals surface area contributed by atoms with Gasteiger partial charge in [-0.1, -0.05) is 114 Å². The van der Waals surface area contributed by atoms with Crippen molar-refractivity contribution in [3.63, 3.8) is 0 Å². The summed E-state index contributed by atoms with van der Waals surface area (Å²) in [5, 5.41) is 8.58. The van der Waals surface area contributed by atoms with Gasteiger partial charge >= 0.3 is 5.97 Å². The highest BCUT2D eigenvalue weighted by molar-refractivity contribution is 5.66. The number of rotatable bonds is 21. The molecule has 2 heteroatoms. The van der Waals surface area contributed by atoms with Crippen LogP contribution in [0.4, 0.5) is 0 Å². The van der Waals surface area contributed by atoms with Crippen molar-refractivity contribution in [2.75, 3.05) is 0 Å². The maximum atomic E-state index is 10.4. The predicted molar refractivity (Wildman–Crippen MR) is 124 cm³/mol. The van der Waals surface area contributed by atoms with E-state index < -0.39 is 5.97 Å². The van der Waals surface area contributed by atoms with Crippen molar-refractivity contribution >= 4 is 5.97 Å². The van der Waals surface area contributed by atoms with Crippen molar-refractivity contribution in [3.8, 4) is 0 Å². The van der Waals surface area contributed by atoms with Crippen LogP contribution in [0, 0.1) is 0 Å². The summed E-state index contributed by atoms with van der Waals surface area (Å²) in [6.45, 7) is 2.24. The molecule has 2 nitrogen and oxygen atoms in total. The Bertz CT molecular complexity index is 407. The second kappa shape index (κ2) is 23.7. The lowest BCUT2D eigenvalue weighted by Gasteiger charge is -2.02. The molecule has 0 bridgehead atoms. The van der Waals surface area contributed by atoms with Crippen LogP contribution in [0.15, 0.2) is 36.5 Å². The molecule has 0 rings (SSSR count). The summed E-state index contributed by atoms with van der Waals surface area (Å²) in [6, 6.07) is 0. The molecule has 1 N–H and O–H groups in total. The van der Waals surface area contributed by atoms with Crippen LogP contribution < -0.4 is 0 Å². The van der Waals surface area contributed by atoms with E-state index in [9.17, 15) is 4.79 Å². The molecule has 0 unspecified atom stereocenters. The van der Waals surface area contributed by atoms with Gasteiger partial charge in [-0.05, 0) is 38.5 Å². The van der Waals surface area contributed by atoms with E-state index in [-0.39, 0.29) is 0 Å². The van der Waals surface area contributed by atoms with E-state index in [1.54, 1.807) is 0 Å². The van der Waals surface area contributed by atoms with Gasteiger partial charge in [0.15, 0.2) is 0 Å². The van der Waals surface area contributed by atoms with Crippen molar-refractivity contribution in [2.45, 2.75) is 122 Å². The number of hydrogen-bond acceptors (Lipinski definition) is 1. The maximum absolute atomic E-state index is 10.4. The van der Waals surface area contributed by atoms with Gasteiger partial charge in [-0.3, -0.25) is 4.79 Å². The SMILES string of the molecule is CCCCC=CCC=CCC=CCCCCCCCCCCCCCC(=O)O. The monoisotopic (exact) mass is 390 g/mol. The van der Waals surface area contributed by atoms with Gasteiger partial charge in [0.1, 0.15) is 0 Å². The van der Waals surface area contributed by atoms with Crippen LogP contribution in [-0.2, 0) is 4.79 Å². The minimum absolute atomic E-state index is 0.336. The van der Waals surface area contributed by atoms with Gasteiger partial charge in [-0.25, -0.2) is 0 Å². The molecule has 0 aliphatic carbocycles. The second-order valence-electron chi connectivity index (χ2n) is 7.85. The molecule has 0 heterocycles. The van der Waals surface area contributed by atoms with Gasteiger partial charge < -0.3 is 5.11 Å². The molecule has 0 amide bonds. The Morgan fingerprint density at radius 3 is 1.43 bits per heavy atom. The molecular formula is C26H46O2.